The van der Waals surface area contributed by atoms with E-state index in [9.17, 15) is 5.11 Å². The topological polar surface area (TPSA) is 29.5 Å². The fraction of sp³-hybridized carbons (Fsp3) is 0.857. The van der Waals surface area contributed by atoms with Crippen LogP contribution >= 0.6 is 0 Å². The van der Waals surface area contributed by atoms with E-state index in [4.69, 9.17) is 4.74 Å². The maximum absolute atomic E-state index is 10.8. The quantitative estimate of drug-likeness (QED) is 0.638. The third-order valence-corrected chi connectivity index (χ3v) is 5.13. The van der Waals surface area contributed by atoms with Crippen molar-refractivity contribution < 1.29 is 9.84 Å². The van der Waals surface area contributed by atoms with Crippen molar-refractivity contribution in [1.29, 1.82) is 0 Å². The van der Waals surface area contributed by atoms with Gasteiger partial charge in [-0.3, -0.25) is 0 Å². The van der Waals surface area contributed by atoms with Crippen molar-refractivity contribution in [2.24, 2.45) is 17.8 Å². The summed E-state index contributed by atoms with van der Waals surface area (Å²) in [5.74, 6) is 1.56. The fourth-order valence-electron chi connectivity index (χ4n) is 4.08. The third kappa shape index (κ3) is 1.32. The van der Waals surface area contributed by atoms with E-state index in [0.717, 1.165) is 37.9 Å². The lowest BCUT2D eigenvalue weighted by Gasteiger charge is -2.50. The van der Waals surface area contributed by atoms with Gasteiger partial charge in [-0.25, -0.2) is 0 Å². The molecule has 2 heteroatoms. The minimum absolute atomic E-state index is 0.297. The van der Waals surface area contributed by atoms with Gasteiger partial charge in [0.15, 0.2) is 0 Å². The first kappa shape index (κ1) is 10.8. The molecule has 2 aliphatic carbocycles. The van der Waals surface area contributed by atoms with Gasteiger partial charge in [0.25, 0.3) is 0 Å². The van der Waals surface area contributed by atoms with Crippen molar-refractivity contribution in [2.75, 3.05) is 6.61 Å². The predicted molar refractivity (Wildman–Crippen MR) is 63.1 cm³/mol. The van der Waals surface area contributed by atoms with Gasteiger partial charge in [0.05, 0.1) is 11.7 Å². The van der Waals surface area contributed by atoms with Crippen LogP contribution in [0.25, 0.3) is 0 Å². The molecule has 1 N–H and O–H groups in total. The summed E-state index contributed by atoms with van der Waals surface area (Å²) < 4.78 is 5.95. The van der Waals surface area contributed by atoms with Crippen LogP contribution in [0.3, 0.4) is 0 Å². The van der Waals surface area contributed by atoms with Gasteiger partial charge in [-0.1, -0.05) is 26.3 Å². The summed E-state index contributed by atoms with van der Waals surface area (Å²) in [4.78, 5) is 0. The summed E-state index contributed by atoms with van der Waals surface area (Å²) in [7, 11) is 0. The maximum atomic E-state index is 10.8. The Morgan fingerprint density at radius 2 is 2.25 bits per heavy atom. The number of fused-ring (bicyclic) bond motifs is 3. The number of aliphatic hydroxyl groups is 1. The molecular weight excluding hydrogens is 200 g/mol. The molecule has 0 amide bonds. The molecule has 3 aliphatic rings. The normalized spacial score (nSPS) is 52.2. The molecule has 2 saturated carbocycles. The summed E-state index contributed by atoms with van der Waals surface area (Å²) in [6.07, 6.45) is 5.66. The van der Waals surface area contributed by atoms with Crippen molar-refractivity contribution in [3.05, 3.63) is 12.2 Å². The standard InChI is InChI=1S/C14H22O2/c1-9-8-16-13-11(9)7-10(2)14(15)6-4-3-5-12(13)14/h9,11-13,15H,2-8H2,1H3/t9-,11-,12-,13+,14-/m0/s1. The van der Waals surface area contributed by atoms with Crippen LogP contribution in [-0.2, 0) is 4.74 Å². The van der Waals surface area contributed by atoms with Crippen LogP contribution < -0.4 is 0 Å². The van der Waals surface area contributed by atoms with Crippen molar-refractivity contribution in [3.63, 3.8) is 0 Å². The van der Waals surface area contributed by atoms with Crippen molar-refractivity contribution in [1.82, 2.24) is 0 Å². The molecule has 1 heterocycles. The number of hydrogen-bond acceptors (Lipinski definition) is 2. The Labute approximate surface area is 97.7 Å². The first-order valence-electron chi connectivity index (χ1n) is 6.65. The van der Waals surface area contributed by atoms with E-state index in [1.165, 1.54) is 6.42 Å². The molecule has 0 aromatic carbocycles. The van der Waals surface area contributed by atoms with E-state index in [1.807, 2.05) is 0 Å². The van der Waals surface area contributed by atoms with Gasteiger partial charge in [0.1, 0.15) is 0 Å². The lowest BCUT2D eigenvalue weighted by molar-refractivity contribution is -0.107. The minimum Gasteiger partial charge on any atom is -0.385 e. The Morgan fingerprint density at radius 1 is 1.44 bits per heavy atom. The number of hydrogen-bond donors (Lipinski definition) is 1. The molecule has 0 radical (unpaired) electrons. The molecule has 0 unspecified atom stereocenters. The first-order chi connectivity index (χ1) is 7.63. The van der Waals surface area contributed by atoms with E-state index in [-0.39, 0.29) is 0 Å². The highest BCUT2D eigenvalue weighted by Crippen LogP contribution is 2.52. The van der Waals surface area contributed by atoms with E-state index < -0.39 is 5.60 Å². The van der Waals surface area contributed by atoms with Crippen LogP contribution in [0.4, 0.5) is 0 Å². The number of rotatable bonds is 0. The van der Waals surface area contributed by atoms with Gasteiger partial charge in [-0.15, -0.1) is 0 Å². The van der Waals surface area contributed by atoms with Gasteiger partial charge in [0.2, 0.25) is 0 Å². The Morgan fingerprint density at radius 3 is 3.06 bits per heavy atom. The molecule has 3 rings (SSSR count). The van der Waals surface area contributed by atoms with E-state index in [0.29, 0.717) is 23.9 Å². The highest BCUT2D eigenvalue weighted by Gasteiger charge is 2.54. The van der Waals surface area contributed by atoms with Gasteiger partial charge in [0, 0.05) is 12.5 Å². The minimum atomic E-state index is -0.608. The third-order valence-electron chi connectivity index (χ3n) is 5.13. The molecule has 0 aromatic heterocycles. The summed E-state index contributed by atoms with van der Waals surface area (Å²) >= 11 is 0. The van der Waals surface area contributed by atoms with Gasteiger partial charge < -0.3 is 9.84 Å². The highest BCUT2D eigenvalue weighted by atomic mass is 16.5. The van der Waals surface area contributed by atoms with E-state index >= 15 is 0 Å². The Balaban J connectivity index is 1.93. The SMILES string of the molecule is C=C1C[C@@H]2[C@@H](OC[C@@H]2C)[C@@H]2CCCC[C@]12O. The average Bonchev–Trinajstić information content (AvgIpc) is 2.61. The van der Waals surface area contributed by atoms with Gasteiger partial charge in [-0.05, 0) is 36.7 Å². The molecule has 3 fully saturated rings. The molecule has 90 valence electrons. The molecule has 0 aromatic rings. The second kappa shape index (κ2) is 3.58. The molecule has 1 aliphatic heterocycles. The van der Waals surface area contributed by atoms with E-state index in [1.54, 1.807) is 0 Å². The smallest absolute Gasteiger partial charge is 0.0907 e. The van der Waals surface area contributed by atoms with Crippen LogP contribution in [0, 0.1) is 17.8 Å². The molecule has 1 saturated heterocycles. The van der Waals surface area contributed by atoms with Crippen LogP contribution in [0.15, 0.2) is 12.2 Å². The largest absolute Gasteiger partial charge is 0.385 e. The first-order valence-corrected chi connectivity index (χ1v) is 6.65. The second-order valence-electron chi connectivity index (χ2n) is 6.02. The van der Waals surface area contributed by atoms with Gasteiger partial charge in [-0.2, -0.15) is 0 Å². The van der Waals surface area contributed by atoms with Crippen molar-refractivity contribution >= 4 is 0 Å². The summed E-state index contributed by atoms with van der Waals surface area (Å²) in [6, 6.07) is 0. The van der Waals surface area contributed by atoms with Crippen LogP contribution in [0.2, 0.25) is 0 Å². The zero-order chi connectivity index (χ0) is 11.3. The summed E-state index contributed by atoms with van der Waals surface area (Å²) in [5, 5.41) is 10.8. The van der Waals surface area contributed by atoms with Crippen LogP contribution in [-0.4, -0.2) is 23.4 Å². The maximum Gasteiger partial charge on any atom is 0.0907 e. The molecule has 16 heavy (non-hydrogen) atoms. The Kier molecular flexibility index (Phi) is 2.41. The Bertz CT molecular complexity index is 312. The van der Waals surface area contributed by atoms with Crippen molar-refractivity contribution in [3.8, 4) is 0 Å². The van der Waals surface area contributed by atoms with Crippen LogP contribution in [0.1, 0.15) is 39.0 Å². The molecular formula is C14H22O2. The monoisotopic (exact) mass is 222 g/mol. The average molecular weight is 222 g/mol. The molecule has 5 atom stereocenters. The zero-order valence-corrected chi connectivity index (χ0v) is 10.1. The van der Waals surface area contributed by atoms with Crippen molar-refractivity contribution in [2.45, 2.75) is 50.7 Å². The van der Waals surface area contributed by atoms with Crippen LogP contribution in [0.5, 0.6) is 0 Å². The summed E-state index contributed by atoms with van der Waals surface area (Å²) in [6.45, 7) is 7.30. The van der Waals surface area contributed by atoms with E-state index in [2.05, 4.69) is 13.5 Å². The summed E-state index contributed by atoms with van der Waals surface area (Å²) in [5.41, 5.74) is 0.472. The highest BCUT2D eigenvalue weighted by molar-refractivity contribution is 5.23. The second-order valence-corrected chi connectivity index (χ2v) is 6.02. The molecule has 0 bridgehead atoms. The lowest BCUT2D eigenvalue weighted by Crippen LogP contribution is -2.53. The lowest BCUT2D eigenvalue weighted by atomic mass is 9.60. The number of ether oxygens (including phenoxy) is 1. The molecule has 0 spiro atoms. The molecule has 2 nitrogen and oxygen atoms in total. The zero-order valence-electron chi connectivity index (χ0n) is 10.1. The fourth-order valence-corrected chi connectivity index (χ4v) is 4.08. The van der Waals surface area contributed by atoms with Gasteiger partial charge >= 0.3 is 0 Å². The Hall–Kier alpha value is -0.340. The predicted octanol–water partition coefficient (Wildman–Crippen LogP) is 2.52.